The molecule has 2 fully saturated rings. The van der Waals surface area contributed by atoms with Gasteiger partial charge in [-0.1, -0.05) is 43.7 Å². The molecule has 2 unspecified atom stereocenters. The molecule has 1 aromatic carbocycles. The quantitative estimate of drug-likeness (QED) is 0.293. The SMILES string of the molecule is CCC1CCCCN1CCNC(=NC)NCC1CCN(CCc2ccccc2)C1.I. The molecule has 2 aliphatic heterocycles. The molecule has 2 saturated heterocycles. The van der Waals surface area contributed by atoms with Crippen molar-refractivity contribution in [2.24, 2.45) is 10.9 Å². The van der Waals surface area contributed by atoms with Crippen molar-refractivity contribution >= 4 is 29.9 Å². The second kappa shape index (κ2) is 14.2. The summed E-state index contributed by atoms with van der Waals surface area (Å²) in [4.78, 5) is 9.69. The third-order valence-corrected chi connectivity index (χ3v) is 6.62. The third kappa shape index (κ3) is 8.35. The number of likely N-dealkylation sites (tertiary alicyclic amines) is 2. The summed E-state index contributed by atoms with van der Waals surface area (Å²) in [5, 5.41) is 7.09. The molecule has 0 saturated carbocycles. The van der Waals surface area contributed by atoms with Crippen LogP contribution in [0.3, 0.4) is 0 Å². The summed E-state index contributed by atoms with van der Waals surface area (Å²) in [6.07, 6.45) is 7.83. The lowest BCUT2D eigenvalue weighted by atomic mass is 10.0. The fourth-order valence-electron chi connectivity index (χ4n) is 4.81. The third-order valence-electron chi connectivity index (χ3n) is 6.62. The van der Waals surface area contributed by atoms with Crippen LogP contribution in [0.5, 0.6) is 0 Å². The second-order valence-corrected chi connectivity index (χ2v) is 8.66. The standard InChI is InChI=1S/C24H41N5.HI/c1-3-23-11-7-8-15-29(23)18-14-26-24(25-2)27-19-22-13-17-28(20-22)16-12-21-9-5-4-6-10-21;/h4-6,9-10,22-23H,3,7-8,11-20H2,1-2H3,(H2,25,26,27);1H. The lowest BCUT2D eigenvalue weighted by Gasteiger charge is -2.35. The van der Waals surface area contributed by atoms with E-state index in [9.17, 15) is 0 Å². The maximum atomic E-state index is 4.43. The van der Waals surface area contributed by atoms with Crippen molar-refractivity contribution in [2.45, 2.75) is 51.5 Å². The highest BCUT2D eigenvalue weighted by atomic mass is 127. The molecule has 2 heterocycles. The molecule has 3 rings (SSSR count). The van der Waals surface area contributed by atoms with E-state index in [1.807, 2.05) is 7.05 Å². The molecule has 0 aromatic heterocycles. The van der Waals surface area contributed by atoms with Gasteiger partial charge in [-0.2, -0.15) is 0 Å². The highest BCUT2D eigenvalue weighted by molar-refractivity contribution is 14.0. The van der Waals surface area contributed by atoms with Crippen LogP contribution in [0.15, 0.2) is 35.3 Å². The summed E-state index contributed by atoms with van der Waals surface area (Å²) in [5.74, 6) is 1.67. The number of aliphatic imine (C=N–C) groups is 1. The van der Waals surface area contributed by atoms with Gasteiger partial charge in [0.25, 0.3) is 0 Å². The van der Waals surface area contributed by atoms with Crippen molar-refractivity contribution in [3.63, 3.8) is 0 Å². The molecular formula is C24H42IN5. The minimum Gasteiger partial charge on any atom is -0.356 e. The Morgan fingerprint density at radius 1 is 1.07 bits per heavy atom. The summed E-state index contributed by atoms with van der Waals surface area (Å²) in [7, 11) is 1.88. The fraction of sp³-hybridized carbons (Fsp3) is 0.708. The fourth-order valence-corrected chi connectivity index (χ4v) is 4.81. The lowest BCUT2D eigenvalue weighted by molar-refractivity contribution is 0.147. The molecule has 2 atom stereocenters. The molecule has 1 aromatic rings. The van der Waals surface area contributed by atoms with Gasteiger partial charge in [0.15, 0.2) is 5.96 Å². The number of hydrogen-bond acceptors (Lipinski definition) is 3. The Kier molecular flexibility index (Phi) is 12.1. The average molecular weight is 528 g/mol. The lowest BCUT2D eigenvalue weighted by Crippen LogP contribution is -2.46. The topological polar surface area (TPSA) is 42.9 Å². The maximum absolute atomic E-state index is 4.43. The number of rotatable bonds is 9. The monoisotopic (exact) mass is 527 g/mol. The van der Waals surface area contributed by atoms with Gasteiger partial charge in [0.2, 0.25) is 0 Å². The van der Waals surface area contributed by atoms with Crippen molar-refractivity contribution in [2.75, 3.05) is 52.9 Å². The van der Waals surface area contributed by atoms with E-state index in [0.717, 1.165) is 44.0 Å². The van der Waals surface area contributed by atoms with E-state index in [4.69, 9.17) is 0 Å². The number of piperidine rings is 1. The van der Waals surface area contributed by atoms with Gasteiger partial charge in [0, 0.05) is 45.8 Å². The van der Waals surface area contributed by atoms with Crippen LogP contribution in [0.25, 0.3) is 0 Å². The van der Waals surface area contributed by atoms with Gasteiger partial charge in [-0.15, -0.1) is 24.0 Å². The zero-order valence-corrected chi connectivity index (χ0v) is 21.3. The minimum absolute atomic E-state index is 0. The molecule has 6 heteroatoms. The molecule has 170 valence electrons. The molecular weight excluding hydrogens is 485 g/mol. The van der Waals surface area contributed by atoms with Crippen molar-refractivity contribution in [1.29, 1.82) is 0 Å². The first-order chi connectivity index (χ1) is 14.3. The predicted octanol–water partition coefficient (Wildman–Crippen LogP) is 3.60. The van der Waals surface area contributed by atoms with Crippen molar-refractivity contribution < 1.29 is 0 Å². The number of nitrogens with zero attached hydrogens (tertiary/aromatic N) is 3. The summed E-state index contributed by atoms with van der Waals surface area (Å²) in [6.45, 7) is 10.3. The van der Waals surface area contributed by atoms with E-state index in [1.54, 1.807) is 0 Å². The van der Waals surface area contributed by atoms with Gasteiger partial charge in [0.05, 0.1) is 0 Å². The number of benzene rings is 1. The van der Waals surface area contributed by atoms with Crippen LogP contribution in [0.4, 0.5) is 0 Å². The highest BCUT2D eigenvalue weighted by Gasteiger charge is 2.22. The zero-order valence-electron chi connectivity index (χ0n) is 19.0. The Morgan fingerprint density at radius 2 is 1.90 bits per heavy atom. The summed E-state index contributed by atoms with van der Waals surface area (Å²) >= 11 is 0. The van der Waals surface area contributed by atoms with Crippen molar-refractivity contribution in [3.05, 3.63) is 35.9 Å². The number of halogens is 1. The number of hydrogen-bond donors (Lipinski definition) is 2. The van der Waals surface area contributed by atoms with Gasteiger partial charge in [-0.25, -0.2) is 0 Å². The molecule has 0 radical (unpaired) electrons. The number of guanidine groups is 1. The molecule has 0 amide bonds. The van der Waals surface area contributed by atoms with Gasteiger partial charge >= 0.3 is 0 Å². The van der Waals surface area contributed by atoms with Gasteiger partial charge < -0.3 is 15.5 Å². The minimum atomic E-state index is 0. The molecule has 2 aliphatic rings. The first kappa shape index (κ1) is 25.4. The Hall–Kier alpha value is -0.860. The van der Waals surface area contributed by atoms with Crippen molar-refractivity contribution in [3.8, 4) is 0 Å². The number of nitrogens with one attached hydrogen (secondary N) is 2. The smallest absolute Gasteiger partial charge is 0.191 e. The van der Waals surface area contributed by atoms with E-state index in [2.05, 4.69) is 62.7 Å². The normalized spacial score (nSPS) is 23.2. The summed E-state index contributed by atoms with van der Waals surface area (Å²) < 4.78 is 0. The van der Waals surface area contributed by atoms with E-state index in [0.29, 0.717) is 0 Å². The van der Waals surface area contributed by atoms with Gasteiger partial charge in [-0.3, -0.25) is 9.89 Å². The highest BCUT2D eigenvalue weighted by Crippen LogP contribution is 2.18. The van der Waals surface area contributed by atoms with E-state index in [1.165, 1.54) is 63.8 Å². The van der Waals surface area contributed by atoms with Crippen LogP contribution in [0.2, 0.25) is 0 Å². The summed E-state index contributed by atoms with van der Waals surface area (Å²) in [6, 6.07) is 11.6. The second-order valence-electron chi connectivity index (χ2n) is 8.66. The molecule has 30 heavy (non-hydrogen) atoms. The first-order valence-electron chi connectivity index (χ1n) is 11.7. The molecule has 0 aliphatic carbocycles. The van der Waals surface area contributed by atoms with Crippen LogP contribution in [-0.4, -0.2) is 74.7 Å². The maximum Gasteiger partial charge on any atom is 0.191 e. The Labute approximate surface area is 201 Å². The van der Waals surface area contributed by atoms with E-state index < -0.39 is 0 Å². The molecule has 5 nitrogen and oxygen atoms in total. The average Bonchev–Trinajstić information content (AvgIpc) is 3.23. The van der Waals surface area contributed by atoms with Crippen molar-refractivity contribution in [1.82, 2.24) is 20.4 Å². The Balaban J connectivity index is 0.00000320. The molecule has 2 N–H and O–H groups in total. The van der Waals surface area contributed by atoms with Crippen LogP contribution in [0.1, 0.15) is 44.6 Å². The molecule has 0 bridgehead atoms. The van der Waals surface area contributed by atoms with Crippen LogP contribution in [-0.2, 0) is 6.42 Å². The van der Waals surface area contributed by atoms with Gasteiger partial charge in [0.1, 0.15) is 0 Å². The van der Waals surface area contributed by atoms with E-state index in [-0.39, 0.29) is 24.0 Å². The first-order valence-corrected chi connectivity index (χ1v) is 11.7. The Bertz CT molecular complexity index is 609. The van der Waals surface area contributed by atoms with Crippen LogP contribution in [0, 0.1) is 5.92 Å². The summed E-state index contributed by atoms with van der Waals surface area (Å²) in [5.41, 5.74) is 1.44. The largest absolute Gasteiger partial charge is 0.356 e. The predicted molar refractivity (Wildman–Crippen MR) is 139 cm³/mol. The Morgan fingerprint density at radius 3 is 2.67 bits per heavy atom. The van der Waals surface area contributed by atoms with E-state index >= 15 is 0 Å². The molecule has 0 spiro atoms. The van der Waals surface area contributed by atoms with Crippen LogP contribution >= 0.6 is 24.0 Å². The van der Waals surface area contributed by atoms with Crippen LogP contribution < -0.4 is 10.6 Å². The zero-order chi connectivity index (χ0) is 20.3. The van der Waals surface area contributed by atoms with Gasteiger partial charge in [-0.05, 0) is 56.7 Å².